The Labute approximate surface area is 167 Å². The number of sulfonamides is 1. The zero-order valence-electron chi connectivity index (χ0n) is 14.7. The first-order chi connectivity index (χ1) is 13.2. The first-order valence-electron chi connectivity index (χ1n) is 8.20. The van der Waals surface area contributed by atoms with Crippen molar-refractivity contribution in [2.24, 2.45) is 0 Å². The normalized spacial score (nSPS) is 11.1. The fourth-order valence-electron chi connectivity index (χ4n) is 2.50. The maximum absolute atomic E-state index is 13.0. The van der Waals surface area contributed by atoms with Crippen LogP contribution >= 0.6 is 11.6 Å². The zero-order valence-corrected chi connectivity index (χ0v) is 16.3. The van der Waals surface area contributed by atoms with E-state index in [2.05, 4.69) is 10.0 Å². The number of halogens is 2. The quantitative estimate of drug-likeness (QED) is 0.622. The molecule has 0 saturated carbocycles. The van der Waals surface area contributed by atoms with E-state index in [1.165, 1.54) is 30.3 Å². The van der Waals surface area contributed by atoms with Gasteiger partial charge in [0.1, 0.15) is 5.82 Å². The van der Waals surface area contributed by atoms with Crippen LogP contribution in [0.2, 0.25) is 5.02 Å². The number of rotatable bonds is 5. The van der Waals surface area contributed by atoms with E-state index in [1.807, 2.05) is 13.0 Å². The molecule has 0 aliphatic carbocycles. The van der Waals surface area contributed by atoms with Gasteiger partial charge in [0.15, 0.2) is 0 Å². The highest BCUT2D eigenvalue weighted by Crippen LogP contribution is 2.24. The maximum atomic E-state index is 13.0. The fourth-order valence-corrected chi connectivity index (χ4v) is 3.79. The van der Waals surface area contributed by atoms with E-state index in [0.29, 0.717) is 5.69 Å². The molecule has 3 aromatic carbocycles. The van der Waals surface area contributed by atoms with Crippen molar-refractivity contribution in [3.8, 4) is 0 Å². The number of nitrogens with one attached hydrogen (secondary N) is 2. The minimum atomic E-state index is -3.99. The summed E-state index contributed by atoms with van der Waals surface area (Å²) in [6.45, 7) is 1.89. The Kier molecular flexibility index (Phi) is 5.67. The van der Waals surface area contributed by atoms with Crippen LogP contribution in [0.1, 0.15) is 15.9 Å². The monoisotopic (exact) mass is 418 g/mol. The molecule has 0 unspecified atom stereocenters. The molecule has 0 radical (unpaired) electrons. The van der Waals surface area contributed by atoms with E-state index in [9.17, 15) is 17.6 Å². The van der Waals surface area contributed by atoms with Gasteiger partial charge in [0.2, 0.25) is 0 Å². The summed E-state index contributed by atoms with van der Waals surface area (Å²) < 4.78 is 40.5. The largest absolute Gasteiger partial charge is 0.322 e. The van der Waals surface area contributed by atoms with Crippen molar-refractivity contribution in [3.05, 3.63) is 88.7 Å². The Balaban J connectivity index is 1.87. The summed E-state index contributed by atoms with van der Waals surface area (Å²) in [5.74, 6) is -1.01. The Bertz CT molecular complexity index is 1130. The minimum Gasteiger partial charge on any atom is -0.322 e. The molecule has 0 aromatic heterocycles. The zero-order chi connectivity index (χ0) is 20.3. The maximum Gasteiger partial charge on any atom is 0.261 e. The van der Waals surface area contributed by atoms with Gasteiger partial charge in [-0.05, 0) is 67.1 Å². The van der Waals surface area contributed by atoms with E-state index in [-0.39, 0.29) is 21.2 Å². The Morgan fingerprint density at radius 2 is 1.68 bits per heavy atom. The van der Waals surface area contributed by atoms with Crippen molar-refractivity contribution in [2.75, 3.05) is 10.0 Å². The predicted octanol–water partition coefficient (Wildman–Crippen LogP) is 4.84. The lowest BCUT2D eigenvalue weighted by atomic mass is 10.2. The van der Waals surface area contributed by atoms with Crippen LogP contribution in [0, 0.1) is 12.7 Å². The Morgan fingerprint density at radius 1 is 0.964 bits per heavy atom. The van der Waals surface area contributed by atoms with Crippen LogP contribution in [-0.2, 0) is 10.0 Å². The van der Waals surface area contributed by atoms with Gasteiger partial charge >= 0.3 is 0 Å². The summed E-state index contributed by atoms with van der Waals surface area (Å²) in [7, 11) is -3.99. The molecule has 0 spiro atoms. The molecule has 0 bridgehead atoms. The molecular weight excluding hydrogens is 403 g/mol. The number of benzene rings is 3. The van der Waals surface area contributed by atoms with Crippen LogP contribution in [0.5, 0.6) is 0 Å². The summed E-state index contributed by atoms with van der Waals surface area (Å²) in [6, 6.07) is 15.9. The fraction of sp³-hybridized carbons (Fsp3) is 0.0500. The summed E-state index contributed by atoms with van der Waals surface area (Å²) >= 11 is 6.10. The van der Waals surface area contributed by atoms with E-state index >= 15 is 0 Å². The van der Waals surface area contributed by atoms with Crippen LogP contribution in [0.3, 0.4) is 0 Å². The van der Waals surface area contributed by atoms with Gasteiger partial charge in [-0.15, -0.1) is 0 Å². The summed E-state index contributed by atoms with van der Waals surface area (Å²) in [6.07, 6.45) is 0. The average Bonchev–Trinajstić information content (AvgIpc) is 2.63. The molecule has 1 amide bonds. The van der Waals surface area contributed by atoms with Gasteiger partial charge in [0.05, 0.1) is 15.5 Å². The first-order valence-corrected chi connectivity index (χ1v) is 10.1. The second-order valence-electron chi connectivity index (χ2n) is 6.08. The van der Waals surface area contributed by atoms with Gasteiger partial charge in [0.25, 0.3) is 15.9 Å². The highest BCUT2D eigenvalue weighted by Gasteiger charge is 2.19. The average molecular weight is 419 g/mol. The van der Waals surface area contributed by atoms with Gasteiger partial charge < -0.3 is 5.32 Å². The summed E-state index contributed by atoms with van der Waals surface area (Å²) in [5.41, 5.74) is 1.75. The number of amides is 1. The molecule has 8 heteroatoms. The van der Waals surface area contributed by atoms with Crippen molar-refractivity contribution < 1.29 is 17.6 Å². The lowest BCUT2D eigenvalue weighted by Gasteiger charge is -2.11. The van der Waals surface area contributed by atoms with Gasteiger partial charge in [0, 0.05) is 11.4 Å². The highest BCUT2D eigenvalue weighted by atomic mass is 35.5. The molecule has 5 nitrogen and oxygen atoms in total. The van der Waals surface area contributed by atoms with Gasteiger partial charge in [-0.25, -0.2) is 12.8 Å². The van der Waals surface area contributed by atoms with Crippen molar-refractivity contribution >= 4 is 38.9 Å². The van der Waals surface area contributed by atoms with Gasteiger partial charge in [-0.1, -0.05) is 23.7 Å². The predicted molar refractivity (Wildman–Crippen MR) is 108 cm³/mol. The third kappa shape index (κ3) is 4.68. The lowest BCUT2D eigenvalue weighted by molar-refractivity contribution is 0.102. The van der Waals surface area contributed by atoms with E-state index < -0.39 is 21.7 Å². The molecule has 2 N–H and O–H groups in total. The van der Waals surface area contributed by atoms with Crippen LogP contribution < -0.4 is 10.0 Å². The second-order valence-corrected chi connectivity index (χ2v) is 8.17. The number of hydrogen-bond acceptors (Lipinski definition) is 3. The molecule has 0 atom stereocenters. The smallest absolute Gasteiger partial charge is 0.261 e. The Morgan fingerprint density at radius 3 is 2.36 bits per heavy atom. The molecule has 0 fully saturated rings. The van der Waals surface area contributed by atoms with Crippen molar-refractivity contribution in [3.63, 3.8) is 0 Å². The topological polar surface area (TPSA) is 75.3 Å². The molecule has 0 aliphatic rings. The summed E-state index contributed by atoms with van der Waals surface area (Å²) in [4.78, 5) is 12.4. The lowest BCUT2D eigenvalue weighted by Crippen LogP contribution is -2.16. The molecule has 3 aromatic rings. The first kappa shape index (κ1) is 19.9. The van der Waals surface area contributed by atoms with Crippen LogP contribution in [0.4, 0.5) is 15.8 Å². The van der Waals surface area contributed by atoms with Crippen molar-refractivity contribution in [1.29, 1.82) is 0 Å². The molecule has 28 heavy (non-hydrogen) atoms. The van der Waals surface area contributed by atoms with Crippen LogP contribution in [0.25, 0.3) is 0 Å². The Hall–Kier alpha value is -2.90. The molecule has 0 heterocycles. The number of carbonyl (C=O) groups excluding carboxylic acids is 1. The van der Waals surface area contributed by atoms with E-state index in [4.69, 9.17) is 11.6 Å². The highest BCUT2D eigenvalue weighted by molar-refractivity contribution is 7.92. The second kappa shape index (κ2) is 8.00. The number of carbonyl (C=O) groups is 1. The van der Waals surface area contributed by atoms with Gasteiger partial charge in [-0.3, -0.25) is 9.52 Å². The van der Waals surface area contributed by atoms with Crippen molar-refractivity contribution in [2.45, 2.75) is 11.8 Å². The van der Waals surface area contributed by atoms with E-state index in [1.54, 1.807) is 18.2 Å². The minimum absolute atomic E-state index is 0.0187. The van der Waals surface area contributed by atoms with Crippen molar-refractivity contribution in [1.82, 2.24) is 0 Å². The van der Waals surface area contributed by atoms with Gasteiger partial charge in [-0.2, -0.15) is 0 Å². The SMILES string of the molecule is Cc1cccc(NC(=O)c2cc(S(=O)(=O)Nc3ccc(F)cc3)ccc2Cl)c1. The number of hydrogen-bond donors (Lipinski definition) is 2. The number of anilines is 2. The third-order valence-electron chi connectivity index (χ3n) is 3.87. The molecule has 144 valence electrons. The molecular formula is C20H16ClFN2O3S. The third-order valence-corrected chi connectivity index (χ3v) is 5.57. The molecule has 0 aliphatic heterocycles. The van der Waals surface area contributed by atoms with Crippen LogP contribution in [-0.4, -0.2) is 14.3 Å². The summed E-state index contributed by atoms with van der Waals surface area (Å²) in [5, 5.41) is 2.81. The van der Waals surface area contributed by atoms with Crippen LogP contribution in [0.15, 0.2) is 71.6 Å². The molecule has 0 saturated heterocycles. The standard InChI is InChI=1S/C20H16ClFN2O3S/c1-13-3-2-4-16(11-13)23-20(25)18-12-17(9-10-19(18)21)28(26,27)24-15-7-5-14(22)6-8-15/h2-12,24H,1H3,(H,23,25). The number of aryl methyl sites for hydroxylation is 1. The van der Waals surface area contributed by atoms with E-state index in [0.717, 1.165) is 17.7 Å². The molecule has 3 rings (SSSR count).